The Morgan fingerprint density at radius 3 is 2.50 bits per heavy atom. The Morgan fingerprint density at radius 1 is 1.44 bits per heavy atom. The fourth-order valence-electron chi connectivity index (χ4n) is 1.44. The molecule has 0 radical (unpaired) electrons. The molecular formula is C11H14N2O3. The van der Waals surface area contributed by atoms with Crippen LogP contribution in [-0.4, -0.2) is 24.8 Å². The summed E-state index contributed by atoms with van der Waals surface area (Å²) in [6.07, 6.45) is 0.0952. The maximum atomic E-state index is 11.0. The Hall–Kier alpha value is -1.91. The van der Waals surface area contributed by atoms with Crippen molar-refractivity contribution < 1.29 is 9.72 Å². The van der Waals surface area contributed by atoms with Gasteiger partial charge in [0.25, 0.3) is 5.69 Å². The van der Waals surface area contributed by atoms with Crippen LogP contribution in [0.5, 0.6) is 0 Å². The minimum atomic E-state index is -0.461. The van der Waals surface area contributed by atoms with Gasteiger partial charge in [0.15, 0.2) is 0 Å². The molecule has 0 atom stereocenters. The van der Waals surface area contributed by atoms with Gasteiger partial charge in [-0.3, -0.25) is 14.9 Å². The van der Waals surface area contributed by atoms with Gasteiger partial charge in [0.05, 0.1) is 4.92 Å². The van der Waals surface area contributed by atoms with E-state index in [0.29, 0.717) is 5.56 Å². The Labute approximate surface area is 93.8 Å². The van der Waals surface area contributed by atoms with E-state index in [2.05, 4.69) is 0 Å². The topological polar surface area (TPSA) is 63.5 Å². The third-order valence-corrected chi connectivity index (χ3v) is 2.22. The highest BCUT2D eigenvalue weighted by molar-refractivity contribution is 5.80. The third-order valence-electron chi connectivity index (χ3n) is 2.22. The summed E-state index contributed by atoms with van der Waals surface area (Å²) in [4.78, 5) is 23.2. The minimum Gasteiger partial charge on any atom is -0.378 e. The van der Waals surface area contributed by atoms with E-state index in [0.717, 1.165) is 5.69 Å². The maximum Gasteiger partial charge on any atom is 0.273 e. The number of hydrogen-bond acceptors (Lipinski definition) is 4. The lowest BCUT2D eigenvalue weighted by molar-refractivity contribution is -0.385. The Kier molecular flexibility index (Phi) is 3.60. The van der Waals surface area contributed by atoms with Gasteiger partial charge in [0, 0.05) is 37.8 Å². The van der Waals surface area contributed by atoms with Crippen LogP contribution in [0.15, 0.2) is 18.2 Å². The highest BCUT2D eigenvalue weighted by Crippen LogP contribution is 2.24. The highest BCUT2D eigenvalue weighted by Gasteiger charge is 2.15. The van der Waals surface area contributed by atoms with Gasteiger partial charge in [-0.1, -0.05) is 0 Å². The zero-order valence-electron chi connectivity index (χ0n) is 9.56. The molecule has 0 spiro atoms. The SMILES string of the molecule is CC(=O)Cc1cc(N(C)C)ccc1[N+](=O)[O-]. The number of benzene rings is 1. The molecule has 0 N–H and O–H groups in total. The summed E-state index contributed by atoms with van der Waals surface area (Å²) in [6, 6.07) is 4.79. The quantitative estimate of drug-likeness (QED) is 0.575. The first kappa shape index (κ1) is 12.2. The molecule has 0 aliphatic rings. The van der Waals surface area contributed by atoms with Gasteiger partial charge in [-0.2, -0.15) is 0 Å². The van der Waals surface area contributed by atoms with Gasteiger partial charge in [-0.15, -0.1) is 0 Å². The Bertz CT molecular complexity index is 427. The fourth-order valence-corrected chi connectivity index (χ4v) is 1.44. The van der Waals surface area contributed by atoms with Gasteiger partial charge >= 0.3 is 0 Å². The predicted octanol–water partition coefficient (Wildman–Crippen LogP) is 1.79. The van der Waals surface area contributed by atoms with Gasteiger partial charge in [0.1, 0.15) is 5.78 Å². The van der Waals surface area contributed by atoms with Crippen molar-refractivity contribution in [2.24, 2.45) is 0 Å². The summed E-state index contributed by atoms with van der Waals surface area (Å²) >= 11 is 0. The van der Waals surface area contributed by atoms with Crippen LogP contribution in [0.2, 0.25) is 0 Å². The number of anilines is 1. The number of nitrogens with zero attached hydrogens (tertiary/aromatic N) is 2. The van der Waals surface area contributed by atoms with E-state index in [-0.39, 0.29) is 17.9 Å². The van der Waals surface area contributed by atoms with Gasteiger partial charge in [-0.05, 0) is 19.1 Å². The summed E-state index contributed by atoms with van der Waals surface area (Å²) in [5.41, 5.74) is 1.31. The number of carbonyl (C=O) groups excluding carboxylic acids is 1. The van der Waals surface area contributed by atoms with E-state index in [4.69, 9.17) is 0 Å². The first-order valence-electron chi connectivity index (χ1n) is 4.86. The van der Waals surface area contributed by atoms with Crippen molar-refractivity contribution in [1.29, 1.82) is 0 Å². The van der Waals surface area contributed by atoms with E-state index in [9.17, 15) is 14.9 Å². The average molecular weight is 222 g/mol. The molecule has 5 nitrogen and oxygen atoms in total. The summed E-state index contributed by atoms with van der Waals surface area (Å²) in [5.74, 6) is -0.0843. The average Bonchev–Trinajstić information content (AvgIpc) is 2.15. The van der Waals surface area contributed by atoms with Crippen molar-refractivity contribution in [3.8, 4) is 0 Å². The summed E-state index contributed by atoms with van der Waals surface area (Å²) < 4.78 is 0. The summed E-state index contributed by atoms with van der Waals surface area (Å²) in [5, 5.41) is 10.8. The number of hydrogen-bond donors (Lipinski definition) is 0. The van der Waals surface area contributed by atoms with Crippen LogP contribution in [0.25, 0.3) is 0 Å². The van der Waals surface area contributed by atoms with Crippen LogP contribution in [0.1, 0.15) is 12.5 Å². The molecule has 0 aliphatic carbocycles. The molecule has 0 fully saturated rings. The van der Waals surface area contributed by atoms with Crippen molar-refractivity contribution in [2.75, 3.05) is 19.0 Å². The van der Waals surface area contributed by atoms with Crippen LogP contribution in [0.4, 0.5) is 11.4 Å². The molecule has 0 saturated heterocycles. The first-order chi connectivity index (χ1) is 7.41. The second-order valence-electron chi connectivity index (χ2n) is 3.84. The van der Waals surface area contributed by atoms with E-state index < -0.39 is 4.92 Å². The van der Waals surface area contributed by atoms with Crippen LogP contribution in [0, 0.1) is 10.1 Å². The smallest absolute Gasteiger partial charge is 0.273 e. The predicted molar refractivity (Wildman–Crippen MR) is 61.8 cm³/mol. The first-order valence-corrected chi connectivity index (χ1v) is 4.86. The number of rotatable bonds is 4. The van der Waals surface area contributed by atoms with Crippen LogP contribution in [-0.2, 0) is 11.2 Å². The molecule has 86 valence electrons. The molecule has 0 bridgehead atoms. The van der Waals surface area contributed by atoms with Gasteiger partial charge in [-0.25, -0.2) is 0 Å². The van der Waals surface area contributed by atoms with Crippen molar-refractivity contribution in [3.05, 3.63) is 33.9 Å². The van der Waals surface area contributed by atoms with E-state index in [1.54, 1.807) is 12.1 Å². The van der Waals surface area contributed by atoms with Crippen LogP contribution in [0.3, 0.4) is 0 Å². The molecule has 0 amide bonds. The molecule has 0 aliphatic heterocycles. The minimum absolute atomic E-state index is 0.000741. The molecule has 0 heterocycles. The largest absolute Gasteiger partial charge is 0.378 e. The van der Waals surface area contributed by atoms with Crippen LogP contribution >= 0.6 is 0 Å². The number of nitro groups is 1. The fraction of sp³-hybridized carbons (Fsp3) is 0.364. The lowest BCUT2D eigenvalue weighted by Gasteiger charge is -2.13. The zero-order valence-corrected chi connectivity index (χ0v) is 9.56. The lowest BCUT2D eigenvalue weighted by Crippen LogP contribution is -2.10. The molecule has 0 unspecified atom stereocenters. The molecular weight excluding hydrogens is 208 g/mol. The van der Waals surface area contributed by atoms with Gasteiger partial charge < -0.3 is 4.90 Å². The molecule has 1 aromatic carbocycles. The zero-order chi connectivity index (χ0) is 12.3. The second-order valence-corrected chi connectivity index (χ2v) is 3.84. The molecule has 0 saturated carbocycles. The van der Waals surface area contributed by atoms with Crippen molar-refractivity contribution in [3.63, 3.8) is 0 Å². The Balaban J connectivity index is 3.20. The molecule has 1 aromatic rings. The van der Waals surface area contributed by atoms with Gasteiger partial charge in [0.2, 0.25) is 0 Å². The lowest BCUT2D eigenvalue weighted by atomic mass is 10.1. The Morgan fingerprint density at radius 2 is 2.06 bits per heavy atom. The normalized spacial score (nSPS) is 9.94. The van der Waals surface area contributed by atoms with Crippen molar-refractivity contribution in [1.82, 2.24) is 0 Å². The summed E-state index contributed by atoms with van der Waals surface area (Å²) in [7, 11) is 3.69. The van der Waals surface area contributed by atoms with E-state index in [1.165, 1.54) is 13.0 Å². The van der Waals surface area contributed by atoms with E-state index in [1.807, 2.05) is 19.0 Å². The van der Waals surface area contributed by atoms with Crippen molar-refractivity contribution in [2.45, 2.75) is 13.3 Å². The second kappa shape index (κ2) is 4.74. The van der Waals surface area contributed by atoms with Crippen molar-refractivity contribution >= 4 is 17.2 Å². The molecule has 1 rings (SSSR count). The summed E-state index contributed by atoms with van der Waals surface area (Å²) in [6.45, 7) is 1.42. The maximum absolute atomic E-state index is 11.0. The molecule has 5 heteroatoms. The number of nitro benzene ring substituents is 1. The molecule has 16 heavy (non-hydrogen) atoms. The number of Topliss-reactive ketones (excluding diaryl/α,β-unsaturated/α-hetero) is 1. The molecule has 0 aromatic heterocycles. The monoisotopic (exact) mass is 222 g/mol. The third kappa shape index (κ3) is 2.79. The van der Waals surface area contributed by atoms with E-state index >= 15 is 0 Å². The number of ketones is 1. The number of carbonyl (C=O) groups is 1. The standard InChI is InChI=1S/C11H14N2O3/c1-8(14)6-9-7-10(12(2)3)4-5-11(9)13(15)16/h4-5,7H,6H2,1-3H3. The van der Waals surface area contributed by atoms with Crippen LogP contribution < -0.4 is 4.90 Å². The highest BCUT2D eigenvalue weighted by atomic mass is 16.6.